The van der Waals surface area contributed by atoms with Crippen molar-refractivity contribution in [2.24, 2.45) is 5.41 Å². The minimum atomic E-state index is -0.761. The zero-order valence-corrected chi connectivity index (χ0v) is 12.8. The lowest BCUT2D eigenvalue weighted by Gasteiger charge is -2.17. The molecule has 2 heterocycles. The Hall–Kier alpha value is -2.44. The first kappa shape index (κ1) is 15.5. The number of halogens is 1. The van der Waals surface area contributed by atoms with E-state index in [1.165, 1.54) is 25.4 Å². The van der Waals surface area contributed by atoms with Crippen molar-refractivity contribution in [2.45, 2.75) is 18.9 Å². The van der Waals surface area contributed by atoms with E-state index in [9.17, 15) is 14.0 Å². The van der Waals surface area contributed by atoms with Crippen molar-refractivity contribution in [1.82, 2.24) is 15.2 Å². The number of nitrogens with zero attached hydrogens (tertiary/aromatic N) is 2. The lowest BCUT2D eigenvalue weighted by molar-refractivity contribution is -0.117. The number of nitrogens with one attached hydrogen (secondary N) is 1. The van der Waals surface area contributed by atoms with Gasteiger partial charge in [0.1, 0.15) is 0 Å². The van der Waals surface area contributed by atoms with E-state index in [4.69, 9.17) is 4.74 Å². The van der Waals surface area contributed by atoms with Crippen LogP contribution in [0.25, 0.3) is 0 Å². The van der Waals surface area contributed by atoms with E-state index in [0.717, 1.165) is 12.8 Å². The highest BCUT2D eigenvalue weighted by molar-refractivity contribution is 5.95. The van der Waals surface area contributed by atoms with Crippen molar-refractivity contribution in [3.05, 3.63) is 36.3 Å². The number of methoxy groups -OCH3 is 1. The summed E-state index contributed by atoms with van der Waals surface area (Å²) in [5.41, 5.74) is -0.148. The topological polar surface area (TPSA) is 71.5 Å². The summed E-state index contributed by atoms with van der Waals surface area (Å²) >= 11 is 0. The van der Waals surface area contributed by atoms with Crippen molar-refractivity contribution in [2.75, 3.05) is 20.2 Å². The molecule has 2 amide bonds. The molecule has 0 aromatic carbocycles. The van der Waals surface area contributed by atoms with Gasteiger partial charge in [-0.15, -0.1) is 0 Å². The molecule has 1 unspecified atom stereocenters. The molecule has 1 aliphatic heterocycles. The molecule has 1 saturated heterocycles. The fraction of sp³-hybridized carbons (Fsp3) is 0.438. The summed E-state index contributed by atoms with van der Waals surface area (Å²) in [6, 6.07) is 1.22. The van der Waals surface area contributed by atoms with Crippen LogP contribution < -0.4 is 10.1 Å². The molecule has 3 rings (SSSR count). The van der Waals surface area contributed by atoms with E-state index in [1.807, 2.05) is 0 Å². The van der Waals surface area contributed by atoms with Gasteiger partial charge in [0.15, 0.2) is 5.82 Å². The first-order chi connectivity index (χ1) is 11.0. The third kappa shape index (κ3) is 2.67. The number of ether oxygens (including phenoxy) is 1. The number of carbonyl (C=O) groups is 2. The lowest BCUT2D eigenvalue weighted by atomic mass is 10.0. The molecule has 0 bridgehead atoms. The zero-order chi connectivity index (χ0) is 16.6. The fourth-order valence-electron chi connectivity index (χ4n) is 3.12. The van der Waals surface area contributed by atoms with Crippen LogP contribution >= 0.6 is 0 Å². The smallest absolute Gasteiger partial charge is 0.257 e. The first-order valence-corrected chi connectivity index (χ1v) is 7.41. The van der Waals surface area contributed by atoms with Crippen LogP contribution in [0.1, 0.15) is 23.2 Å². The molecule has 1 saturated carbocycles. The Balaban J connectivity index is 1.79. The number of hydrogen-bond acceptors (Lipinski definition) is 4. The Bertz CT molecular complexity index is 673. The molecular formula is C16H18FN3O3. The van der Waals surface area contributed by atoms with Crippen LogP contribution in [0.3, 0.4) is 0 Å². The van der Waals surface area contributed by atoms with E-state index in [1.54, 1.807) is 4.90 Å². The molecule has 23 heavy (non-hydrogen) atoms. The van der Waals surface area contributed by atoms with Crippen molar-refractivity contribution >= 4 is 11.8 Å². The number of pyridine rings is 1. The van der Waals surface area contributed by atoms with Gasteiger partial charge in [-0.1, -0.05) is 6.58 Å². The van der Waals surface area contributed by atoms with E-state index < -0.39 is 11.7 Å². The summed E-state index contributed by atoms with van der Waals surface area (Å²) < 4.78 is 19.0. The van der Waals surface area contributed by atoms with Crippen LogP contribution in [0.4, 0.5) is 4.39 Å². The molecule has 7 heteroatoms. The maximum Gasteiger partial charge on any atom is 0.257 e. The Labute approximate surface area is 133 Å². The van der Waals surface area contributed by atoms with Crippen LogP contribution in [0.5, 0.6) is 5.88 Å². The summed E-state index contributed by atoms with van der Waals surface area (Å²) in [5, 5.41) is 2.87. The van der Waals surface area contributed by atoms with Gasteiger partial charge < -0.3 is 15.0 Å². The van der Waals surface area contributed by atoms with E-state index in [0.29, 0.717) is 13.1 Å². The number of rotatable bonds is 4. The van der Waals surface area contributed by atoms with E-state index in [-0.39, 0.29) is 28.8 Å². The van der Waals surface area contributed by atoms with Gasteiger partial charge in [0, 0.05) is 24.7 Å². The molecule has 1 aromatic heterocycles. The highest BCUT2D eigenvalue weighted by Gasteiger charge is 2.56. The molecule has 1 aromatic rings. The monoisotopic (exact) mass is 319 g/mol. The highest BCUT2D eigenvalue weighted by Crippen LogP contribution is 2.53. The number of amides is 2. The van der Waals surface area contributed by atoms with Gasteiger partial charge in [0.25, 0.3) is 11.8 Å². The van der Waals surface area contributed by atoms with Gasteiger partial charge >= 0.3 is 0 Å². The van der Waals surface area contributed by atoms with Crippen LogP contribution in [0.15, 0.2) is 24.9 Å². The normalized spacial score (nSPS) is 21.1. The second-order valence-electron chi connectivity index (χ2n) is 6.00. The summed E-state index contributed by atoms with van der Waals surface area (Å²) in [5.74, 6) is -1.63. The molecule has 122 valence electrons. The van der Waals surface area contributed by atoms with Crippen LogP contribution in [0, 0.1) is 11.2 Å². The molecule has 0 radical (unpaired) electrons. The van der Waals surface area contributed by atoms with E-state index in [2.05, 4.69) is 16.9 Å². The van der Waals surface area contributed by atoms with Gasteiger partial charge in [0.2, 0.25) is 5.91 Å². The summed E-state index contributed by atoms with van der Waals surface area (Å²) in [6.45, 7) is 4.32. The Morgan fingerprint density at radius 3 is 2.91 bits per heavy atom. The van der Waals surface area contributed by atoms with Gasteiger partial charge in [-0.05, 0) is 25.0 Å². The average molecular weight is 319 g/mol. The summed E-state index contributed by atoms with van der Waals surface area (Å²) in [6.07, 6.45) is 4.45. The standard InChI is InChI=1S/C16H18FN3O3/c1-3-12(21)19-11-8-20(9-16(11)5-6-16)15(22)10-4-7-18-14(23-2)13(10)17/h3-4,7,11H,1,5-6,8-9H2,2H3,(H,19,21). The largest absolute Gasteiger partial charge is 0.479 e. The van der Waals surface area contributed by atoms with Gasteiger partial charge in [-0.3, -0.25) is 9.59 Å². The Morgan fingerprint density at radius 1 is 1.57 bits per heavy atom. The highest BCUT2D eigenvalue weighted by atomic mass is 19.1. The second-order valence-corrected chi connectivity index (χ2v) is 6.00. The maximum absolute atomic E-state index is 14.2. The maximum atomic E-state index is 14.2. The van der Waals surface area contributed by atoms with Gasteiger partial charge in [-0.2, -0.15) is 0 Å². The van der Waals surface area contributed by atoms with Crippen LogP contribution in [-0.4, -0.2) is 47.9 Å². The number of hydrogen-bond donors (Lipinski definition) is 1. The number of likely N-dealkylation sites (tertiary alicyclic amines) is 1. The van der Waals surface area contributed by atoms with E-state index >= 15 is 0 Å². The predicted octanol–water partition coefficient (Wildman–Crippen LogP) is 1.14. The predicted molar refractivity (Wildman–Crippen MR) is 80.4 cm³/mol. The summed E-state index contributed by atoms with van der Waals surface area (Å²) in [4.78, 5) is 29.5. The van der Waals surface area contributed by atoms with Gasteiger partial charge in [-0.25, -0.2) is 9.37 Å². The van der Waals surface area contributed by atoms with Crippen LogP contribution in [0.2, 0.25) is 0 Å². The lowest BCUT2D eigenvalue weighted by Crippen LogP contribution is -2.41. The minimum absolute atomic E-state index is 0.0663. The zero-order valence-electron chi connectivity index (χ0n) is 12.8. The Kier molecular flexibility index (Phi) is 3.79. The average Bonchev–Trinajstić information content (AvgIpc) is 3.24. The molecule has 2 fully saturated rings. The van der Waals surface area contributed by atoms with Crippen LogP contribution in [-0.2, 0) is 4.79 Å². The molecule has 1 N–H and O–H groups in total. The number of carbonyl (C=O) groups excluding carboxylic acids is 2. The van der Waals surface area contributed by atoms with Crippen molar-refractivity contribution in [3.8, 4) is 5.88 Å². The third-order valence-corrected chi connectivity index (χ3v) is 4.61. The summed E-state index contributed by atoms with van der Waals surface area (Å²) in [7, 11) is 1.30. The third-order valence-electron chi connectivity index (χ3n) is 4.61. The molecule has 1 atom stereocenters. The first-order valence-electron chi connectivity index (χ1n) is 7.41. The van der Waals surface area contributed by atoms with Crippen molar-refractivity contribution in [3.63, 3.8) is 0 Å². The molecule has 6 nitrogen and oxygen atoms in total. The minimum Gasteiger partial charge on any atom is -0.479 e. The van der Waals surface area contributed by atoms with Crippen molar-refractivity contribution in [1.29, 1.82) is 0 Å². The molecule has 1 aliphatic carbocycles. The second kappa shape index (κ2) is 5.64. The molecular weight excluding hydrogens is 301 g/mol. The SMILES string of the molecule is C=CC(=O)NC1CN(C(=O)c2ccnc(OC)c2F)CC12CC2. The quantitative estimate of drug-likeness (QED) is 0.845. The van der Waals surface area contributed by atoms with Gasteiger partial charge in [0.05, 0.1) is 18.7 Å². The van der Waals surface area contributed by atoms with Crippen molar-refractivity contribution < 1.29 is 18.7 Å². The fourth-order valence-corrected chi connectivity index (χ4v) is 3.12. The molecule has 2 aliphatic rings. The molecule has 1 spiro atoms. The Morgan fingerprint density at radius 2 is 2.30 bits per heavy atom. The number of aromatic nitrogens is 1.